The van der Waals surface area contributed by atoms with E-state index in [-0.39, 0.29) is 0 Å². The third kappa shape index (κ3) is 3.11. The van der Waals surface area contributed by atoms with Crippen molar-refractivity contribution in [1.82, 2.24) is 4.90 Å². The molecule has 2 nitrogen and oxygen atoms in total. The number of rotatable bonds is 4. The number of hydrogen-bond acceptors (Lipinski definition) is 2. The van der Waals surface area contributed by atoms with Crippen LogP contribution in [0.5, 0.6) is 0 Å². The Morgan fingerprint density at radius 3 is 2.33 bits per heavy atom. The molecule has 0 aromatic rings. The number of nitrogens with zero attached hydrogens (tertiary/aromatic N) is 1. The number of nitrogens with two attached hydrogens (primary N) is 1. The first kappa shape index (κ1) is 10.0. The Kier molecular flexibility index (Phi) is 4.02. The van der Waals surface area contributed by atoms with E-state index in [2.05, 4.69) is 18.7 Å². The largest absolute Gasteiger partial charge is 0.327 e. The third-order valence-electron chi connectivity index (χ3n) is 2.83. The standard InChI is InChI=1S/C10H22N2/c1-9(2)10(11)5-8-12-6-3-4-7-12/h9-10H,3-8,11H2,1-2H3/t10-/m0/s1. The second-order valence-corrected chi connectivity index (χ2v) is 4.25. The molecule has 0 unspecified atom stereocenters. The lowest BCUT2D eigenvalue weighted by molar-refractivity contribution is 0.305. The Morgan fingerprint density at radius 2 is 1.83 bits per heavy atom. The van der Waals surface area contributed by atoms with Crippen molar-refractivity contribution >= 4 is 0 Å². The van der Waals surface area contributed by atoms with Gasteiger partial charge in [-0.25, -0.2) is 0 Å². The minimum Gasteiger partial charge on any atom is -0.327 e. The first-order chi connectivity index (χ1) is 5.70. The van der Waals surface area contributed by atoms with Gasteiger partial charge in [0.15, 0.2) is 0 Å². The fraction of sp³-hybridized carbons (Fsp3) is 1.00. The topological polar surface area (TPSA) is 29.3 Å². The van der Waals surface area contributed by atoms with Gasteiger partial charge in [-0.15, -0.1) is 0 Å². The van der Waals surface area contributed by atoms with Gasteiger partial charge in [-0.3, -0.25) is 0 Å². The fourth-order valence-corrected chi connectivity index (χ4v) is 1.67. The van der Waals surface area contributed by atoms with E-state index in [0.717, 1.165) is 6.42 Å². The van der Waals surface area contributed by atoms with E-state index in [0.29, 0.717) is 12.0 Å². The quantitative estimate of drug-likeness (QED) is 0.692. The molecule has 1 aliphatic rings. The molecule has 0 aromatic carbocycles. The van der Waals surface area contributed by atoms with Crippen molar-refractivity contribution in [3.8, 4) is 0 Å². The lowest BCUT2D eigenvalue weighted by atomic mass is 10.0. The van der Waals surface area contributed by atoms with Crippen LogP contribution >= 0.6 is 0 Å². The molecule has 12 heavy (non-hydrogen) atoms. The molecule has 0 bridgehead atoms. The highest BCUT2D eigenvalue weighted by molar-refractivity contribution is 4.71. The molecule has 1 saturated heterocycles. The van der Waals surface area contributed by atoms with E-state index in [4.69, 9.17) is 5.73 Å². The van der Waals surface area contributed by atoms with Crippen LogP contribution in [-0.4, -0.2) is 30.6 Å². The summed E-state index contributed by atoms with van der Waals surface area (Å²) >= 11 is 0. The van der Waals surface area contributed by atoms with Crippen LogP contribution in [0.15, 0.2) is 0 Å². The van der Waals surface area contributed by atoms with Crippen LogP contribution in [0.25, 0.3) is 0 Å². The van der Waals surface area contributed by atoms with Crippen LogP contribution < -0.4 is 5.73 Å². The maximum absolute atomic E-state index is 5.97. The normalized spacial score (nSPS) is 22.0. The monoisotopic (exact) mass is 170 g/mol. The van der Waals surface area contributed by atoms with Crippen LogP contribution in [0.3, 0.4) is 0 Å². The average molecular weight is 170 g/mol. The molecule has 1 atom stereocenters. The van der Waals surface area contributed by atoms with Gasteiger partial charge in [0.25, 0.3) is 0 Å². The van der Waals surface area contributed by atoms with Crippen LogP contribution in [-0.2, 0) is 0 Å². The van der Waals surface area contributed by atoms with Gasteiger partial charge in [0.1, 0.15) is 0 Å². The van der Waals surface area contributed by atoms with Crippen molar-refractivity contribution < 1.29 is 0 Å². The Morgan fingerprint density at radius 1 is 1.25 bits per heavy atom. The lowest BCUT2D eigenvalue weighted by Gasteiger charge is -2.20. The minimum atomic E-state index is 0.394. The minimum absolute atomic E-state index is 0.394. The van der Waals surface area contributed by atoms with Gasteiger partial charge in [0.2, 0.25) is 0 Å². The summed E-state index contributed by atoms with van der Waals surface area (Å²) in [6, 6.07) is 0.394. The van der Waals surface area contributed by atoms with Crippen molar-refractivity contribution in [2.75, 3.05) is 19.6 Å². The Bertz CT molecular complexity index is 115. The zero-order chi connectivity index (χ0) is 8.97. The highest BCUT2D eigenvalue weighted by Gasteiger charge is 2.13. The van der Waals surface area contributed by atoms with Crippen LogP contribution in [0.1, 0.15) is 33.1 Å². The second-order valence-electron chi connectivity index (χ2n) is 4.25. The fourth-order valence-electron chi connectivity index (χ4n) is 1.67. The molecular formula is C10H22N2. The molecule has 1 fully saturated rings. The van der Waals surface area contributed by atoms with Crippen LogP contribution in [0.2, 0.25) is 0 Å². The van der Waals surface area contributed by atoms with Crippen molar-refractivity contribution in [2.45, 2.75) is 39.2 Å². The van der Waals surface area contributed by atoms with E-state index in [1.54, 1.807) is 0 Å². The van der Waals surface area contributed by atoms with Crippen molar-refractivity contribution in [1.29, 1.82) is 0 Å². The first-order valence-corrected chi connectivity index (χ1v) is 5.18. The Balaban J connectivity index is 2.07. The Labute approximate surface area is 76.1 Å². The molecular weight excluding hydrogens is 148 g/mol. The van der Waals surface area contributed by atoms with Gasteiger partial charge in [-0.05, 0) is 44.8 Å². The molecule has 1 aliphatic heterocycles. The van der Waals surface area contributed by atoms with Gasteiger partial charge in [-0.1, -0.05) is 13.8 Å². The maximum atomic E-state index is 5.97. The predicted octanol–water partition coefficient (Wildman–Crippen LogP) is 1.46. The second kappa shape index (κ2) is 4.83. The number of likely N-dealkylation sites (tertiary alicyclic amines) is 1. The van der Waals surface area contributed by atoms with Crippen molar-refractivity contribution in [3.63, 3.8) is 0 Å². The van der Waals surface area contributed by atoms with E-state index in [9.17, 15) is 0 Å². The molecule has 2 N–H and O–H groups in total. The molecule has 0 radical (unpaired) electrons. The summed E-state index contributed by atoms with van der Waals surface area (Å²) in [5.74, 6) is 0.632. The summed E-state index contributed by atoms with van der Waals surface area (Å²) in [5, 5.41) is 0. The SMILES string of the molecule is CC(C)[C@@H](N)CCN1CCCC1. The van der Waals surface area contributed by atoms with E-state index in [1.807, 2.05) is 0 Å². The van der Waals surface area contributed by atoms with E-state index >= 15 is 0 Å². The lowest BCUT2D eigenvalue weighted by Crippen LogP contribution is -2.32. The van der Waals surface area contributed by atoms with Crippen LogP contribution in [0.4, 0.5) is 0 Å². The van der Waals surface area contributed by atoms with Crippen molar-refractivity contribution in [3.05, 3.63) is 0 Å². The molecule has 0 aromatic heterocycles. The highest BCUT2D eigenvalue weighted by atomic mass is 15.1. The smallest absolute Gasteiger partial charge is 0.00740 e. The molecule has 0 amide bonds. The molecule has 1 heterocycles. The molecule has 2 heteroatoms. The first-order valence-electron chi connectivity index (χ1n) is 5.18. The molecule has 72 valence electrons. The van der Waals surface area contributed by atoms with Gasteiger partial charge in [-0.2, -0.15) is 0 Å². The predicted molar refractivity (Wildman–Crippen MR) is 53.1 cm³/mol. The molecule has 0 aliphatic carbocycles. The van der Waals surface area contributed by atoms with Gasteiger partial charge < -0.3 is 10.6 Å². The summed E-state index contributed by atoms with van der Waals surface area (Å²) in [5.41, 5.74) is 5.97. The summed E-state index contributed by atoms with van der Waals surface area (Å²) in [6.45, 7) is 8.21. The van der Waals surface area contributed by atoms with Gasteiger partial charge in [0, 0.05) is 6.04 Å². The summed E-state index contributed by atoms with van der Waals surface area (Å²) in [7, 11) is 0. The third-order valence-corrected chi connectivity index (χ3v) is 2.83. The highest BCUT2D eigenvalue weighted by Crippen LogP contribution is 2.10. The van der Waals surface area contributed by atoms with Gasteiger partial charge >= 0.3 is 0 Å². The van der Waals surface area contributed by atoms with E-state index in [1.165, 1.54) is 32.5 Å². The van der Waals surface area contributed by atoms with E-state index < -0.39 is 0 Å². The summed E-state index contributed by atoms with van der Waals surface area (Å²) in [4.78, 5) is 2.53. The van der Waals surface area contributed by atoms with Crippen molar-refractivity contribution in [2.24, 2.45) is 11.7 Å². The maximum Gasteiger partial charge on any atom is 0.00740 e. The molecule has 0 spiro atoms. The molecule has 0 saturated carbocycles. The van der Waals surface area contributed by atoms with Gasteiger partial charge in [0.05, 0.1) is 0 Å². The summed E-state index contributed by atoms with van der Waals surface area (Å²) in [6.07, 6.45) is 3.94. The van der Waals surface area contributed by atoms with Crippen LogP contribution in [0, 0.1) is 5.92 Å². The summed E-state index contributed by atoms with van der Waals surface area (Å²) < 4.78 is 0. The molecule has 1 rings (SSSR count). The zero-order valence-electron chi connectivity index (χ0n) is 8.42. The Hall–Kier alpha value is -0.0800. The average Bonchev–Trinajstić information content (AvgIpc) is 2.51. The number of hydrogen-bond donors (Lipinski definition) is 1. The zero-order valence-corrected chi connectivity index (χ0v) is 8.42.